The summed E-state index contributed by atoms with van der Waals surface area (Å²) in [6.07, 6.45) is 0.178. The van der Waals surface area contributed by atoms with Crippen molar-refractivity contribution in [1.29, 1.82) is 0 Å². The summed E-state index contributed by atoms with van der Waals surface area (Å²) in [7, 11) is -4.04. The highest BCUT2D eigenvalue weighted by atomic mass is 35.5. The topological polar surface area (TPSA) is 96.4 Å². The van der Waals surface area contributed by atoms with Crippen molar-refractivity contribution in [2.75, 3.05) is 0 Å². The van der Waals surface area contributed by atoms with E-state index in [1.165, 1.54) is 17.4 Å². The van der Waals surface area contributed by atoms with Crippen LogP contribution in [0.1, 0.15) is 23.6 Å². The first-order chi connectivity index (χ1) is 16.2. The average Bonchev–Trinajstić information content (AvgIpc) is 3.13. The van der Waals surface area contributed by atoms with Crippen molar-refractivity contribution < 1.29 is 18.3 Å². The van der Waals surface area contributed by atoms with E-state index >= 15 is 0 Å². The maximum Gasteiger partial charge on any atom is 0.325 e. The predicted octanol–water partition coefficient (Wildman–Crippen LogP) is 5.79. The lowest BCUT2D eigenvalue weighted by molar-refractivity contribution is -0.140. The molecule has 1 saturated carbocycles. The van der Waals surface area contributed by atoms with Crippen LogP contribution in [0.15, 0.2) is 70.3 Å². The number of nitrogens with one attached hydrogen (secondary N) is 1. The van der Waals surface area contributed by atoms with Crippen LogP contribution in [0.2, 0.25) is 5.02 Å². The zero-order chi connectivity index (χ0) is 24.1. The van der Waals surface area contributed by atoms with Crippen LogP contribution in [0.5, 0.6) is 0 Å². The largest absolute Gasteiger partial charge is 0.480 e. The zero-order valence-corrected chi connectivity index (χ0v) is 21.1. The number of rotatable bonds is 7. The lowest BCUT2D eigenvalue weighted by Crippen LogP contribution is -2.44. The van der Waals surface area contributed by atoms with Gasteiger partial charge in [0.25, 0.3) is 10.0 Å². The molecule has 2 unspecified atom stereocenters. The van der Waals surface area contributed by atoms with E-state index in [4.69, 9.17) is 11.6 Å². The number of hydrogen-bond acceptors (Lipinski definition) is 6. The van der Waals surface area contributed by atoms with Gasteiger partial charge in [-0.15, -0.1) is 22.7 Å². The lowest BCUT2D eigenvalue weighted by atomic mass is 10.0. The highest BCUT2D eigenvalue weighted by molar-refractivity contribution is 7.91. The SMILES string of the molecule is Cc1csc(-c2cccc(C3CC3(NS(=O)(=O)c3ccc(-c4ccc(Cl)cc4)s3)C(=O)O)c2)n1. The first kappa shape index (κ1) is 23.2. The number of carbonyl (C=O) groups is 1. The van der Waals surface area contributed by atoms with E-state index in [2.05, 4.69) is 9.71 Å². The molecule has 0 saturated heterocycles. The van der Waals surface area contributed by atoms with Crippen molar-refractivity contribution in [3.63, 3.8) is 0 Å². The third-order valence-corrected chi connectivity index (χ3v) is 10.2. The Bertz CT molecular complexity index is 1490. The van der Waals surface area contributed by atoms with E-state index in [1.807, 2.05) is 48.7 Å². The summed E-state index contributed by atoms with van der Waals surface area (Å²) >= 11 is 8.53. The van der Waals surface area contributed by atoms with Gasteiger partial charge in [-0.25, -0.2) is 13.4 Å². The molecule has 4 aromatic rings. The van der Waals surface area contributed by atoms with E-state index in [0.29, 0.717) is 5.02 Å². The fourth-order valence-electron chi connectivity index (χ4n) is 3.96. The monoisotopic (exact) mass is 530 g/mol. The Balaban J connectivity index is 1.41. The number of nitrogens with zero attached hydrogens (tertiary/aromatic N) is 1. The van der Waals surface area contributed by atoms with E-state index in [0.717, 1.165) is 43.6 Å². The number of sulfonamides is 1. The molecule has 1 aliphatic carbocycles. The fraction of sp³-hybridized carbons (Fsp3) is 0.167. The van der Waals surface area contributed by atoms with Crippen LogP contribution in [0, 0.1) is 6.92 Å². The van der Waals surface area contributed by atoms with Gasteiger partial charge in [0.2, 0.25) is 0 Å². The van der Waals surface area contributed by atoms with Gasteiger partial charge in [-0.3, -0.25) is 4.79 Å². The Kier molecular flexibility index (Phi) is 5.86. The summed E-state index contributed by atoms with van der Waals surface area (Å²) in [6, 6.07) is 17.8. The van der Waals surface area contributed by atoms with Gasteiger partial charge in [-0.2, -0.15) is 4.72 Å². The molecule has 6 nitrogen and oxygen atoms in total. The molecule has 2 aromatic heterocycles. The number of benzene rings is 2. The molecule has 10 heteroatoms. The number of aryl methyl sites for hydroxylation is 1. The molecule has 0 aliphatic heterocycles. The van der Waals surface area contributed by atoms with Gasteiger partial charge in [0.05, 0.1) is 0 Å². The number of aliphatic carboxylic acids is 1. The quantitative estimate of drug-likeness (QED) is 0.315. The van der Waals surface area contributed by atoms with Crippen LogP contribution < -0.4 is 4.72 Å². The predicted molar refractivity (Wildman–Crippen MR) is 135 cm³/mol. The Morgan fingerprint density at radius 2 is 1.91 bits per heavy atom. The third-order valence-electron chi connectivity index (χ3n) is 5.79. The van der Waals surface area contributed by atoms with Gasteiger partial charge in [0.1, 0.15) is 14.8 Å². The Labute approximate surface area is 209 Å². The fourth-order valence-corrected chi connectivity index (χ4v) is 7.59. The number of thiazole rings is 1. The second-order valence-electron chi connectivity index (χ2n) is 8.18. The minimum absolute atomic E-state index is 0.0655. The second kappa shape index (κ2) is 8.58. The van der Waals surface area contributed by atoms with Crippen LogP contribution in [0.4, 0.5) is 0 Å². The highest BCUT2D eigenvalue weighted by Crippen LogP contribution is 2.53. The third kappa shape index (κ3) is 4.30. The minimum Gasteiger partial charge on any atom is -0.480 e. The molecule has 1 fully saturated rings. The van der Waals surface area contributed by atoms with Crippen LogP contribution >= 0.6 is 34.3 Å². The Morgan fingerprint density at radius 3 is 2.59 bits per heavy atom. The van der Waals surface area contributed by atoms with Gasteiger partial charge in [-0.1, -0.05) is 41.9 Å². The average molecular weight is 531 g/mol. The van der Waals surface area contributed by atoms with Gasteiger partial charge in [-0.05, 0) is 54.8 Å². The van der Waals surface area contributed by atoms with Gasteiger partial charge >= 0.3 is 5.97 Å². The molecule has 174 valence electrons. The molecule has 0 amide bonds. The summed E-state index contributed by atoms with van der Waals surface area (Å²) in [5.74, 6) is -1.66. The summed E-state index contributed by atoms with van der Waals surface area (Å²) in [6.45, 7) is 1.91. The summed E-state index contributed by atoms with van der Waals surface area (Å²) in [5, 5.41) is 13.4. The highest BCUT2D eigenvalue weighted by Gasteiger charge is 2.63. The maximum absolute atomic E-state index is 13.2. The van der Waals surface area contributed by atoms with E-state index < -0.39 is 27.4 Å². The first-order valence-corrected chi connectivity index (χ1v) is 13.9. The molecule has 34 heavy (non-hydrogen) atoms. The van der Waals surface area contributed by atoms with Crippen molar-refractivity contribution in [2.24, 2.45) is 0 Å². The zero-order valence-electron chi connectivity index (χ0n) is 17.9. The molecule has 2 atom stereocenters. The summed E-state index contributed by atoms with van der Waals surface area (Å²) < 4.78 is 28.9. The molecule has 0 bridgehead atoms. The summed E-state index contributed by atoms with van der Waals surface area (Å²) in [5.41, 5.74) is 1.82. The maximum atomic E-state index is 13.2. The molecule has 2 aromatic carbocycles. The molecule has 1 aliphatic rings. The van der Waals surface area contributed by atoms with Gasteiger partial charge < -0.3 is 5.11 Å². The number of aromatic nitrogens is 1. The minimum atomic E-state index is -4.04. The lowest BCUT2D eigenvalue weighted by Gasteiger charge is -2.15. The van der Waals surface area contributed by atoms with Crippen LogP contribution in [0.25, 0.3) is 21.0 Å². The molecular weight excluding hydrogens is 512 g/mol. The molecule has 0 radical (unpaired) electrons. The molecule has 2 heterocycles. The van der Waals surface area contributed by atoms with Crippen LogP contribution in [-0.4, -0.2) is 30.0 Å². The number of carboxylic acids is 1. The van der Waals surface area contributed by atoms with Crippen molar-refractivity contribution in [1.82, 2.24) is 9.71 Å². The van der Waals surface area contributed by atoms with E-state index in [1.54, 1.807) is 18.2 Å². The van der Waals surface area contributed by atoms with Crippen molar-refractivity contribution in [2.45, 2.75) is 29.0 Å². The second-order valence-corrected chi connectivity index (χ2v) is 12.5. The first-order valence-electron chi connectivity index (χ1n) is 10.3. The van der Waals surface area contributed by atoms with Crippen molar-refractivity contribution in [3.8, 4) is 21.0 Å². The standard InChI is InChI=1S/C24H19ClN2O4S3/c1-14-13-32-22(26-14)17-4-2-3-16(11-17)19-12-24(19,23(28)29)27-34(30,31)21-10-9-20(33-21)15-5-7-18(25)8-6-15/h2-11,13,19,27H,12H2,1H3,(H,28,29). The normalized spacial score (nSPS) is 19.8. The number of hydrogen-bond donors (Lipinski definition) is 2. The van der Waals surface area contributed by atoms with Crippen LogP contribution in [0.3, 0.4) is 0 Å². The van der Waals surface area contributed by atoms with E-state index in [9.17, 15) is 18.3 Å². The smallest absolute Gasteiger partial charge is 0.325 e. The molecule has 0 spiro atoms. The summed E-state index contributed by atoms with van der Waals surface area (Å²) in [4.78, 5) is 17.5. The Morgan fingerprint density at radius 1 is 1.15 bits per heavy atom. The van der Waals surface area contributed by atoms with Crippen molar-refractivity contribution in [3.05, 3.63) is 82.3 Å². The van der Waals surface area contributed by atoms with Gasteiger partial charge in [0, 0.05) is 32.5 Å². The van der Waals surface area contributed by atoms with Crippen molar-refractivity contribution >= 4 is 50.3 Å². The number of carboxylic acid groups (broad SMARTS) is 1. The number of thiophene rings is 1. The van der Waals surface area contributed by atoms with E-state index in [-0.39, 0.29) is 10.6 Å². The van der Waals surface area contributed by atoms with Crippen LogP contribution in [-0.2, 0) is 14.8 Å². The molecular formula is C24H19ClN2O4S3. The Hall–Kier alpha value is -2.56. The molecule has 2 N–H and O–H groups in total. The van der Waals surface area contributed by atoms with Gasteiger partial charge in [0.15, 0.2) is 0 Å². The number of halogens is 1. The molecule has 5 rings (SSSR count).